The topological polar surface area (TPSA) is 27.7 Å². The van der Waals surface area contributed by atoms with Gasteiger partial charge >= 0.3 is 0 Å². The minimum atomic E-state index is -1.99. The van der Waals surface area contributed by atoms with Crippen LogP contribution in [0.4, 0.5) is 0 Å². The molecule has 0 aliphatic carbocycles. The molecule has 0 saturated heterocycles. The van der Waals surface area contributed by atoms with Crippen LogP contribution in [-0.2, 0) is 20.2 Å². The van der Waals surface area contributed by atoms with Crippen molar-refractivity contribution in [1.82, 2.24) is 0 Å². The van der Waals surface area contributed by atoms with Gasteiger partial charge in [0.05, 0.1) is 12.7 Å². The first-order chi connectivity index (χ1) is 15.1. The van der Waals surface area contributed by atoms with Gasteiger partial charge in [0.2, 0.25) is 8.32 Å². The zero-order chi connectivity index (χ0) is 25.4. The second-order valence-electron chi connectivity index (χ2n) is 12.3. The standard InChI is InChI=1S/C28H54O3Si2/c1-22(2)33(23(3)4,24(5)6)31-27(18-19-29-21-26-16-14-13-15-17-26)25(7)20-30-32(11,12)28(8,9)10/h13-17,22-25,27H,18-21H2,1-12H3/t25-,27+/m0/s1. The lowest BCUT2D eigenvalue weighted by Crippen LogP contribution is -2.52. The van der Waals surface area contributed by atoms with E-state index in [0.29, 0.717) is 35.8 Å². The van der Waals surface area contributed by atoms with E-state index in [-0.39, 0.29) is 11.1 Å². The monoisotopic (exact) mass is 494 g/mol. The Morgan fingerprint density at radius 3 is 1.79 bits per heavy atom. The van der Waals surface area contributed by atoms with Crippen molar-refractivity contribution in [3.05, 3.63) is 35.9 Å². The van der Waals surface area contributed by atoms with E-state index < -0.39 is 16.6 Å². The van der Waals surface area contributed by atoms with Gasteiger partial charge in [0, 0.05) is 19.1 Å². The summed E-state index contributed by atoms with van der Waals surface area (Å²) in [6.07, 6.45) is 1.07. The Balaban J connectivity index is 2.98. The molecule has 5 heteroatoms. The van der Waals surface area contributed by atoms with Crippen LogP contribution in [0.3, 0.4) is 0 Å². The summed E-state index contributed by atoms with van der Waals surface area (Å²) in [6.45, 7) is 30.3. The molecule has 0 unspecified atom stereocenters. The Kier molecular flexibility index (Phi) is 12.1. The Morgan fingerprint density at radius 1 is 0.818 bits per heavy atom. The highest BCUT2D eigenvalue weighted by molar-refractivity contribution is 6.77. The maximum absolute atomic E-state index is 7.28. The van der Waals surface area contributed by atoms with Gasteiger partial charge in [0.25, 0.3) is 0 Å². The van der Waals surface area contributed by atoms with Crippen molar-refractivity contribution in [3.63, 3.8) is 0 Å². The van der Waals surface area contributed by atoms with Gasteiger partial charge in [0.1, 0.15) is 0 Å². The molecule has 33 heavy (non-hydrogen) atoms. The van der Waals surface area contributed by atoms with Crippen LogP contribution >= 0.6 is 0 Å². The number of hydrogen-bond acceptors (Lipinski definition) is 3. The van der Waals surface area contributed by atoms with Crippen LogP contribution in [0.1, 0.15) is 81.2 Å². The number of rotatable bonds is 14. The minimum absolute atomic E-state index is 0.157. The predicted molar refractivity (Wildman–Crippen MR) is 149 cm³/mol. The number of ether oxygens (including phenoxy) is 1. The normalized spacial score (nSPS) is 15.5. The molecule has 0 aliphatic rings. The molecule has 0 amide bonds. The van der Waals surface area contributed by atoms with E-state index >= 15 is 0 Å². The van der Waals surface area contributed by atoms with E-state index in [9.17, 15) is 0 Å². The number of benzene rings is 1. The van der Waals surface area contributed by atoms with Crippen LogP contribution in [0, 0.1) is 5.92 Å². The summed E-state index contributed by atoms with van der Waals surface area (Å²) in [7, 11) is -3.78. The van der Waals surface area contributed by atoms with Gasteiger partial charge in [-0.1, -0.05) is 99.6 Å². The maximum Gasteiger partial charge on any atom is 0.200 e. The van der Waals surface area contributed by atoms with Crippen molar-refractivity contribution in [3.8, 4) is 0 Å². The van der Waals surface area contributed by atoms with Crippen molar-refractivity contribution < 1.29 is 13.6 Å². The van der Waals surface area contributed by atoms with Crippen LogP contribution in [0.15, 0.2) is 30.3 Å². The second-order valence-corrected chi connectivity index (χ2v) is 22.6. The fraction of sp³-hybridized carbons (Fsp3) is 0.786. The molecule has 0 aromatic heterocycles. The molecule has 0 saturated carbocycles. The zero-order valence-electron chi connectivity index (χ0n) is 23.8. The highest BCUT2D eigenvalue weighted by Gasteiger charge is 2.47. The molecule has 192 valence electrons. The Labute approximate surface area is 208 Å². The molecule has 0 radical (unpaired) electrons. The molecular weight excluding hydrogens is 440 g/mol. The van der Waals surface area contributed by atoms with E-state index in [1.54, 1.807) is 0 Å². The van der Waals surface area contributed by atoms with Crippen molar-refractivity contribution in [2.45, 2.75) is 123 Å². The van der Waals surface area contributed by atoms with Gasteiger partial charge in [-0.25, -0.2) is 0 Å². The molecule has 0 fully saturated rings. The largest absolute Gasteiger partial charge is 0.416 e. The fourth-order valence-electron chi connectivity index (χ4n) is 4.76. The second kappa shape index (κ2) is 13.0. The summed E-state index contributed by atoms with van der Waals surface area (Å²) in [6, 6.07) is 10.4. The van der Waals surface area contributed by atoms with Crippen LogP contribution in [0.2, 0.25) is 34.8 Å². The van der Waals surface area contributed by atoms with Gasteiger partial charge < -0.3 is 13.6 Å². The van der Waals surface area contributed by atoms with Gasteiger partial charge in [-0.2, -0.15) is 0 Å². The Morgan fingerprint density at radius 2 is 1.33 bits per heavy atom. The summed E-state index contributed by atoms with van der Waals surface area (Å²) in [4.78, 5) is 0. The lowest BCUT2D eigenvalue weighted by molar-refractivity contribution is 0.0381. The van der Waals surface area contributed by atoms with Crippen molar-refractivity contribution in [1.29, 1.82) is 0 Å². The van der Waals surface area contributed by atoms with Crippen molar-refractivity contribution in [2.24, 2.45) is 5.92 Å². The SMILES string of the molecule is CC(C)[Si](O[C@H](CCOCc1ccccc1)[C@@H](C)CO[Si](C)(C)C(C)(C)C)(C(C)C)C(C)C. The first-order valence-corrected chi connectivity index (χ1v) is 18.1. The van der Waals surface area contributed by atoms with Crippen molar-refractivity contribution >= 4 is 16.6 Å². The summed E-state index contributed by atoms with van der Waals surface area (Å²) < 4.78 is 20.0. The quantitative estimate of drug-likeness (QED) is 0.191. The lowest BCUT2D eigenvalue weighted by Gasteiger charge is -2.46. The van der Waals surface area contributed by atoms with Crippen LogP contribution in [0.5, 0.6) is 0 Å². The third-order valence-electron chi connectivity index (χ3n) is 7.87. The van der Waals surface area contributed by atoms with Crippen LogP contribution in [0.25, 0.3) is 0 Å². The third kappa shape index (κ3) is 8.61. The molecule has 3 nitrogen and oxygen atoms in total. The molecule has 0 N–H and O–H groups in total. The molecular formula is C28H54O3Si2. The van der Waals surface area contributed by atoms with E-state index in [1.807, 2.05) is 6.07 Å². The molecule has 0 aliphatic heterocycles. The highest BCUT2D eigenvalue weighted by atomic mass is 28.4. The molecule has 0 bridgehead atoms. The van der Waals surface area contributed by atoms with E-state index in [1.165, 1.54) is 5.56 Å². The number of hydrogen-bond donors (Lipinski definition) is 0. The molecule has 0 spiro atoms. The van der Waals surface area contributed by atoms with Gasteiger partial charge in [-0.05, 0) is 46.7 Å². The van der Waals surface area contributed by atoms with Crippen LogP contribution < -0.4 is 0 Å². The summed E-state index contributed by atoms with van der Waals surface area (Å²) in [5, 5.41) is 0.216. The van der Waals surface area contributed by atoms with Gasteiger partial charge in [-0.15, -0.1) is 0 Å². The van der Waals surface area contributed by atoms with Gasteiger partial charge in [0.15, 0.2) is 8.32 Å². The zero-order valence-corrected chi connectivity index (χ0v) is 25.8. The maximum atomic E-state index is 7.28. The summed E-state index contributed by atoms with van der Waals surface area (Å²) >= 11 is 0. The van der Waals surface area contributed by atoms with Crippen LogP contribution in [-0.4, -0.2) is 36.0 Å². The Bertz CT molecular complexity index is 644. The van der Waals surface area contributed by atoms with Crippen molar-refractivity contribution in [2.75, 3.05) is 13.2 Å². The fourth-order valence-corrected chi connectivity index (χ4v) is 11.6. The van der Waals surface area contributed by atoms with E-state index in [2.05, 4.69) is 107 Å². The van der Waals surface area contributed by atoms with Gasteiger partial charge in [-0.3, -0.25) is 0 Å². The third-order valence-corrected chi connectivity index (χ3v) is 18.5. The highest BCUT2D eigenvalue weighted by Crippen LogP contribution is 2.44. The molecule has 1 rings (SSSR count). The molecule has 1 aromatic carbocycles. The predicted octanol–water partition coefficient (Wildman–Crippen LogP) is 8.81. The summed E-state index contributed by atoms with van der Waals surface area (Å²) in [5.41, 5.74) is 2.93. The lowest BCUT2D eigenvalue weighted by atomic mass is 10.0. The first kappa shape index (κ1) is 30.6. The molecule has 2 atom stereocenters. The minimum Gasteiger partial charge on any atom is -0.416 e. The first-order valence-electron chi connectivity index (χ1n) is 13.1. The average molecular weight is 495 g/mol. The molecule has 1 aromatic rings. The smallest absolute Gasteiger partial charge is 0.200 e. The molecule has 0 heterocycles. The summed E-state index contributed by atoms with van der Waals surface area (Å²) in [5.74, 6) is 0.336. The Hall–Kier alpha value is -0.466. The van der Waals surface area contributed by atoms with E-state index in [4.69, 9.17) is 13.6 Å². The average Bonchev–Trinajstić information content (AvgIpc) is 2.70. The van der Waals surface area contributed by atoms with E-state index in [0.717, 1.165) is 13.0 Å².